The summed E-state index contributed by atoms with van der Waals surface area (Å²) in [5.41, 5.74) is 0. The highest BCUT2D eigenvalue weighted by atomic mass is 16.4. The number of ketones is 2. The molecule has 0 unspecified atom stereocenters. The van der Waals surface area contributed by atoms with Crippen LogP contribution < -0.4 is 16.0 Å². The van der Waals surface area contributed by atoms with Gasteiger partial charge in [-0.1, -0.05) is 34.6 Å². The van der Waals surface area contributed by atoms with Gasteiger partial charge in [-0.2, -0.15) is 0 Å². The van der Waals surface area contributed by atoms with Crippen LogP contribution >= 0.6 is 0 Å². The molecule has 0 aromatic carbocycles. The molecule has 0 aliphatic rings. The Hall–Kier alpha value is -3.31. The molecule has 0 rings (SSSR count). The lowest BCUT2D eigenvalue weighted by atomic mass is 9.88. The maximum absolute atomic E-state index is 13.1. The Morgan fingerprint density at radius 2 is 1.28 bits per heavy atom. The predicted molar refractivity (Wildman–Crippen MR) is 129 cm³/mol. The monoisotopic (exact) mass is 513 g/mol. The molecule has 204 valence electrons. The van der Waals surface area contributed by atoms with Gasteiger partial charge in [0.15, 0.2) is 11.6 Å². The first-order chi connectivity index (χ1) is 16.6. The molecular weight excluding hydrogens is 474 g/mol. The minimum absolute atomic E-state index is 0.152. The molecule has 36 heavy (non-hydrogen) atoms. The van der Waals surface area contributed by atoms with Crippen molar-refractivity contribution in [3.05, 3.63) is 0 Å². The molecule has 0 bridgehead atoms. The van der Waals surface area contributed by atoms with Crippen LogP contribution in [0, 0.1) is 23.7 Å². The Kier molecular flexibility index (Phi) is 14.2. The van der Waals surface area contributed by atoms with Crippen molar-refractivity contribution in [2.24, 2.45) is 23.7 Å². The SMILES string of the molecule is CC(=O)NCC(=O)C[C@@H](C)C(=O)N[C@H](C(=O)C[C@@H](CCC(=O)O)C(=O)N[C@H](C(=O)O)C(C)C)C(C)C. The van der Waals surface area contributed by atoms with Gasteiger partial charge in [0.05, 0.1) is 12.6 Å². The third-order valence-corrected chi connectivity index (χ3v) is 5.58. The van der Waals surface area contributed by atoms with Crippen LogP contribution in [0.4, 0.5) is 0 Å². The van der Waals surface area contributed by atoms with Gasteiger partial charge in [-0.05, 0) is 18.3 Å². The number of hydrogen-bond donors (Lipinski definition) is 5. The van der Waals surface area contributed by atoms with Crippen molar-refractivity contribution in [2.45, 2.75) is 79.3 Å². The summed E-state index contributed by atoms with van der Waals surface area (Å²) in [5.74, 6) is -7.71. The summed E-state index contributed by atoms with van der Waals surface area (Å²) in [6.07, 6.45) is -1.15. The van der Waals surface area contributed by atoms with Crippen LogP contribution in [0.1, 0.15) is 67.2 Å². The number of carboxylic acids is 2. The fraction of sp³-hybridized carbons (Fsp3) is 0.708. The average molecular weight is 514 g/mol. The molecule has 0 aliphatic carbocycles. The van der Waals surface area contributed by atoms with E-state index in [1.54, 1.807) is 27.7 Å². The maximum atomic E-state index is 13.1. The second-order valence-electron chi connectivity index (χ2n) is 9.65. The van der Waals surface area contributed by atoms with Gasteiger partial charge in [0.25, 0.3) is 0 Å². The number of carbonyl (C=O) groups excluding carboxylic acids is 5. The van der Waals surface area contributed by atoms with Gasteiger partial charge in [0.1, 0.15) is 6.04 Å². The topological polar surface area (TPSA) is 196 Å². The van der Waals surface area contributed by atoms with E-state index >= 15 is 0 Å². The van der Waals surface area contributed by atoms with Crippen LogP contribution in [0.15, 0.2) is 0 Å². The number of nitrogens with one attached hydrogen (secondary N) is 3. The van der Waals surface area contributed by atoms with Crippen LogP contribution in [0.5, 0.6) is 0 Å². The van der Waals surface area contributed by atoms with Gasteiger partial charge in [-0.25, -0.2) is 4.79 Å². The smallest absolute Gasteiger partial charge is 0.326 e. The third-order valence-electron chi connectivity index (χ3n) is 5.58. The summed E-state index contributed by atoms with van der Waals surface area (Å²) in [6, 6.07) is -2.22. The Balaban J connectivity index is 5.44. The van der Waals surface area contributed by atoms with E-state index in [-0.39, 0.29) is 37.0 Å². The second-order valence-corrected chi connectivity index (χ2v) is 9.65. The first-order valence-corrected chi connectivity index (χ1v) is 11.9. The van der Waals surface area contributed by atoms with Crippen molar-refractivity contribution in [3.8, 4) is 0 Å². The zero-order valence-corrected chi connectivity index (χ0v) is 21.8. The van der Waals surface area contributed by atoms with E-state index in [1.165, 1.54) is 13.8 Å². The van der Waals surface area contributed by atoms with Gasteiger partial charge in [-0.3, -0.25) is 28.8 Å². The fourth-order valence-corrected chi connectivity index (χ4v) is 3.42. The summed E-state index contributed by atoms with van der Waals surface area (Å²) in [4.78, 5) is 83.9. The summed E-state index contributed by atoms with van der Waals surface area (Å²) in [6.45, 7) is 9.11. The first-order valence-electron chi connectivity index (χ1n) is 11.9. The van der Waals surface area contributed by atoms with Crippen molar-refractivity contribution in [3.63, 3.8) is 0 Å². The highest BCUT2D eigenvalue weighted by molar-refractivity contribution is 5.95. The van der Waals surface area contributed by atoms with E-state index in [1.807, 2.05) is 0 Å². The van der Waals surface area contributed by atoms with E-state index in [2.05, 4.69) is 16.0 Å². The van der Waals surface area contributed by atoms with E-state index in [0.29, 0.717) is 0 Å². The lowest BCUT2D eigenvalue weighted by Gasteiger charge is -2.26. The average Bonchev–Trinajstić information content (AvgIpc) is 2.75. The molecule has 0 aromatic heterocycles. The van der Waals surface area contributed by atoms with Crippen LogP contribution in [0.25, 0.3) is 0 Å². The van der Waals surface area contributed by atoms with Crippen LogP contribution in [-0.4, -0.2) is 70.1 Å². The molecule has 0 fully saturated rings. The Bertz CT molecular complexity index is 839. The summed E-state index contributed by atoms with van der Waals surface area (Å²) < 4.78 is 0. The van der Waals surface area contributed by atoms with Gasteiger partial charge >= 0.3 is 11.9 Å². The standard InChI is InChI=1S/C24H39N3O9/c1-12(2)20(26-22(33)14(5)9-17(29)11-25-15(6)28)18(30)10-16(7-8-19(31)32)23(34)27-21(13(3)4)24(35)36/h12-14,16,20-21H,7-11H2,1-6H3,(H,25,28)(H,26,33)(H,27,34)(H,31,32)(H,35,36)/t14-,16-,20+,21+/m1/s1. The molecule has 3 amide bonds. The minimum atomic E-state index is -1.25. The summed E-state index contributed by atoms with van der Waals surface area (Å²) >= 11 is 0. The first kappa shape index (κ1) is 32.7. The molecule has 5 N–H and O–H groups in total. The maximum Gasteiger partial charge on any atom is 0.326 e. The van der Waals surface area contributed by atoms with Gasteiger partial charge in [0.2, 0.25) is 17.7 Å². The van der Waals surface area contributed by atoms with Gasteiger partial charge in [-0.15, -0.1) is 0 Å². The molecule has 4 atom stereocenters. The van der Waals surface area contributed by atoms with Crippen molar-refractivity contribution >= 4 is 41.2 Å². The quantitative estimate of drug-likeness (QED) is 0.184. The van der Waals surface area contributed by atoms with Crippen molar-refractivity contribution in [1.82, 2.24) is 16.0 Å². The fourth-order valence-electron chi connectivity index (χ4n) is 3.42. The molecular formula is C24H39N3O9. The van der Waals surface area contributed by atoms with E-state index in [9.17, 15) is 38.7 Å². The number of carbonyl (C=O) groups is 7. The molecule has 0 spiro atoms. The van der Waals surface area contributed by atoms with Crippen LogP contribution in [0.2, 0.25) is 0 Å². The zero-order valence-electron chi connectivity index (χ0n) is 21.8. The molecule has 0 aliphatic heterocycles. The van der Waals surface area contributed by atoms with E-state index < -0.39 is 72.2 Å². The number of rotatable bonds is 17. The number of Topliss-reactive ketones (excluding diaryl/α,β-unsaturated/α-hetero) is 2. The second kappa shape index (κ2) is 15.6. The largest absolute Gasteiger partial charge is 0.481 e. The normalized spacial score (nSPS) is 14.3. The van der Waals surface area contributed by atoms with Gasteiger partial charge in [0, 0.05) is 38.0 Å². The minimum Gasteiger partial charge on any atom is -0.481 e. The number of aliphatic carboxylic acids is 2. The lowest BCUT2D eigenvalue weighted by molar-refractivity contribution is -0.144. The number of carboxylic acid groups (broad SMARTS) is 2. The lowest BCUT2D eigenvalue weighted by Crippen LogP contribution is -2.49. The molecule has 0 heterocycles. The summed E-state index contributed by atoms with van der Waals surface area (Å²) in [5, 5.41) is 25.7. The van der Waals surface area contributed by atoms with Crippen molar-refractivity contribution in [2.75, 3.05) is 6.54 Å². The van der Waals surface area contributed by atoms with Crippen molar-refractivity contribution < 1.29 is 43.8 Å². The van der Waals surface area contributed by atoms with Crippen LogP contribution in [0.3, 0.4) is 0 Å². The molecule has 0 radical (unpaired) electrons. The molecule has 0 saturated carbocycles. The van der Waals surface area contributed by atoms with Gasteiger partial charge < -0.3 is 26.2 Å². The Morgan fingerprint density at radius 1 is 0.750 bits per heavy atom. The summed E-state index contributed by atoms with van der Waals surface area (Å²) in [7, 11) is 0. The predicted octanol–water partition coefficient (Wildman–Crippen LogP) is 0.524. The third kappa shape index (κ3) is 12.4. The van der Waals surface area contributed by atoms with E-state index in [0.717, 1.165) is 0 Å². The van der Waals surface area contributed by atoms with E-state index in [4.69, 9.17) is 5.11 Å². The molecule has 0 aromatic rings. The molecule has 12 heteroatoms. The number of hydrogen-bond acceptors (Lipinski definition) is 7. The van der Waals surface area contributed by atoms with Crippen LogP contribution in [-0.2, 0) is 33.6 Å². The highest BCUT2D eigenvalue weighted by Gasteiger charge is 2.33. The van der Waals surface area contributed by atoms with Crippen molar-refractivity contribution in [1.29, 1.82) is 0 Å². The Labute approximate surface area is 211 Å². The number of amides is 3. The highest BCUT2D eigenvalue weighted by Crippen LogP contribution is 2.18. The zero-order chi connectivity index (χ0) is 28.2. The molecule has 12 nitrogen and oxygen atoms in total. The Morgan fingerprint density at radius 3 is 1.72 bits per heavy atom. The molecule has 0 saturated heterocycles.